The quantitative estimate of drug-likeness (QED) is 0.740. The van der Waals surface area contributed by atoms with Gasteiger partial charge in [0.2, 0.25) is 10.0 Å². The first-order valence-corrected chi connectivity index (χ1v) is 7.97. The largest absolute Gasteiger partial charge is 0.399 e. The number of hydrogen-bond donors (Lipinski definition) is 2. The Hall–Kier alpha value is -1.11. The smallest absolute Gasteiger partial charge is 0.240 e. The van der Waals surface area contributed by atoms with Crippen LogP contribution in [0.5, 0.6) is 0 Å². The highest BCUT2D eigenvalue weighted by Crippen LogP contribution is 2.12. The van der Waals surface area contributed by atoms with Crippen LogP contribution in [-0.4, -0.2) is 39.0 Å². The Labute approximate surface area is 115 Å². The molecule has 1 atom stereocenters. The third kappa shape index (κ3) is 4.81. The van der Waals surface area contributed by atoms with E-state index in [1.165, 1.54) is 12.1 Å². The maximum Gasteiger partial charge on any atom is 0.240 e. The zero-order chi connectivity index (χ0) is 14.5. The standard InChI is InChI=1S/C13H23N3O2S/c1-4-16(5-2)10-11(3)15-19(17,18)13-8-6-12(14)7-9-13/h6-9,11,15H,4-5,10,14H2,1-3H3. The minimum absolute atomic E-state index is 0.137. The van der Waals surface area contributed by atoms with Gasteiger partial charge in [0, 0.05) is 18.3 Å². The molecule has 0 saturated heterocycles. The number of benzene rings is 1. The molecule has 108 valence electrons. The minimum Gasteiger partial charge on any atom is -0.399 e. The van der Waals surface area contributed by atoms with Gasteiger partial charge in [0.15, 0.2) is 0 Å². The van der Waals surface area contributed by atoms with Crippen LogP contribution in [0.2, 0.25) is 0 Å². The van der Waals surface area contributed by atoms with E-state index in [4.69, 9.17) is 5.73 Å². The fourth-order valence-corrected chi connectivity index (χ4v) is 3.12. The molecule has 0 aliphatic carbocycles. The predicted octanol–water partition coefficient (Wildman–Crippen LogP) is 1.28. The molecule has 0 aliphatic rings. The molecule has 0 aliphatic heterocycles. The molecular formula is C13H23N3O2S. The highest BCUT2D eigenvalue weighted by Gasteiger charge is 2.18. The highest BCUT2D eigenvalue weighted by molar-refractivity contribution is 7.89. The summed E-state index contributed by atoms with van der Waals surface area (Å²) in [5.74, 6) is 0. The Balaban J connectivity index is 2.71. The molecule has 1 unspecified atom stereocenters. The van der Waals surface area contributed by atoms with Gasteiger partial charge in [0.1, 0.15) is 0 Å². The van der Waals surface area contributed by atoms with Crippen molar-refractivity contribution >= 4 is 15.7 Å². The van der Waals surface area contributed by atoms with Crippen LogP contribution in [0.25, 0.3) is 0 Å². The lowest BCUT2D eigenvalue weighted by Crippen LogP contribution is -2.41. The van der Waals surface area contributed by atoms with Crippen LogP contribution >= 0.6 is 0 Å². The number of nitrogens with zero attached hydrogens (tertiary/aromatic N) is 1. The molecule has 0 aromatic heterocycles. The third-order valence-corrected chi connectivity index (χ3v) is 4.58. The number of likely N-dealkylation sites (N-methyl/N-ethyl adjacent to an activating group) is 1. The van der Waals surface area contributed by atoms with Gasteiger partial charge in [-0.15, -0.1) is 0 Å². The van der Waals surface area contributed by atoms with Gasteiger partial charge in [0.25, 0.3) is 0 Å². The number of nitrogen functional groups attached to an aromatic ring is 1. The number of rotatable bonds is 7. The van der Waals surface area contributed by atoms with Crippen molar-refractivity contribution in [2.45, 2.75) is 31.7 Å². The lowest BCUT2D eigenvalue weighted by Gasteiger charge is -2.23. The Morgan fingerprint density at radius 2 is 1.74 bits per heavy atom. The van der Waals surface area contributed by atoms with Crippen LogP contribution < -0.4 is 10.5 Å². The fourth-order valence-electron chi connectivity index (χ4n) is 1.89. The Kier molecular flexibility index (Phi) is 5.78. The molecule has 0 amide bonds. The molecule has 0 heterocycles. The van der Waals surface area contributed by atoms with Crippen LogP contribution in [0.1, 0.15) is 20.8 Å². The van der Waals surface area contributed by atoms with Crippen molar-refractivity contribution in [3.8, 4) is 0 Å². The van der Waals surface area contributed by atoms with Crippen molar-refractivity contribution in [2.24, 2.45) is 0 Å². The Bertz CT molecular complexity index is 481. The average Bonchev–Trinajstić information content (AvgIpc) is 2.35. The molecule has 0 fully saturated rings. The van der Waals surface area contributed by atoms with E-state index in [1.807, 2.05) is 6.92 Å². The predicted molar refractivity (Wildman–Crippen MR) is 78.4 cm³/mol. The molecule has 0 spiro atoms. The van der Waals surface area contributed by atoms with Gasteiger partial charge in [0.05, 0.1) is 4.90 Å². The summed E-state index contributed by atoms with van der Waals surface area (Å²) in [6.07, 6.45) is 0. The summed E-state index contributed by atoms with van der Waals surface area (Å²) < 4.78 is 27.0. The first kappa shape index (κ1) is 15.9. The second-order valence-corrected chi connectivity index (χ2v) is 6.29. The molecule has 0 radical (unpaired) electrons. The van der Waals surface area contributed by atoms with Gasteiger partial charge in [-0.1, -0.05) is 13.8 Å². The molecule has 3 N–H and O–H groups in total. The Morgan fingerprint density at radius 1 is 1.21 bits per heavy atom. The maximum atomic E-state index is 12.1. The Morgan fingerprint density at radius 3 is 2.21 bits per heavy atom. The van der Waals surface area contributed by atoms with Gasteiger partial charge in [-0.3, -0.25) is 0 Å². The lowest BCUT2D eigenvalue weighted by atomic mass is 10.3. The van der Waals surface area contributed by atoms with Gasteiger partial charge in [-0.2, -0.15) is 0 Å². The van der Waals surface area contributed by atoms with Crippen molar-refractivity contribution in [1.29, 1.82) is 0 Å². The van der Waals surface area contributed by atoms with Gasteiger partial charge in [-0.05, 0) is 44.3 Å². The third-order valence-electron chi connectivity index (χ3n) is 2.97. The first-order chi connectivity index (χ1) is 8.89. The molecule has 1 aromatic carbocycles. The molecule has 6 heteroatoms. The molecule has 0 bridgehead atoms. The topological polar surface area (TPSA) is 75.4 Å². The van der Waals surface area contributed by atoms with Crippen molar-refractivity contribution in [3.63, 3.8) is 0 Å². The van der Waals surface area contributed by atoms with E-state index < -0.39 is 10.0 Å². The van der Waals surface area contributed by atoms with E-state index in [1.54, 1.807) is 12.1 Å². The molecule has 1 aromatic rings. The molecule has 1 rings (SSSR count). The molecular weight excluding hydrogens is 262 g/mol. The van der Waals surface area contributed by atoms with Crippen molar-refractivity contribution in [2.75, 3.05) is 25.4 Å². The summed E-state index contributed by atoms with van der Waals surface area (Å²) in [7, 11) is -3.47. The number of nitrogens with two attached hydrogens (primary N) is 1. The van der Waals surface area contributed by atoms with Crippen LogP contribution in [-0.2, 0) is 10.0 Å². The van der Waals surface area contributed by atoms with E-state index in [2.05, 4.69) is 23.5 Å². The second kappa shape index (κ2) is 6.88. The first-order valence-electron chi connectivity index (χ1n) is 6.49. The van der Waals surface area contributed by atoms with Crippen molar-refractivity contribution in [1.82, 2.24) is 9.62 Å². The van der Waals surface area contributed by atoms with Crippen LogP contribution in [0.15, 0.2) is 29.2 Å². The van der Waals surface area contributed by atoms with Crippen LogP contribution in [0, 0.1) is 0 Å². The lowest BCUT2D eigenvalue weighted by molar-refractivity contribution is 0.282. The molecule has 19 heavy (non-hydrogen) atoms. The van der Waals surface area contributed by atoms with Crippen LogP contribution in [0.4, 0.5) is 5.69 Å². The fraction of sp³-hybridized carbons (Fsp3) is 0.538. The van der Waals surface area contributed by atoms with E-state index in [9.17, 15) is 8.42 Å². The SMILES string of the molecule is CCN(CC)CC(C)NS(=O)(=O)c1ccc(N)cc1. The zero-order valence-corrected chi connectivity index (χ0v) is 12.6. The molecule has 5 nitrogen and oxygen atoms in total. The number of sulfonamides is 1. The summed E-state index contributed by atoms with van der Waals surface area (Å²) in [4.78, 5) is 2.42. The van der Waals surface area contributed by atoms with E-state index >= 15 is 0 Å². The normalized spacial score (nSPS) is 13.7. The van der Waals surface area contributed by atoms with E-state index in [-0.39, 0.29) is 10.9 Å². The van der Waals surface area contributed by atoms with Crippen LogP contribution in [0.3, 0.4) is 0 Å². The number of nitrogens with one attached hydrogen (secondary N) is 1. The highest BCUT2D eigenvalue weighted by atomic mass is 32.2. The maximum absolute atomic E-state index is 12.1. The van der Waals surface area contributed by atoms with Gasteiger partial charge < -0.3 is 10.6 Å². The zero-order valence-electron chi connectivity index (χ0n) is 11.8. The van der Waals surface area contributed by atoms with Gasteiger partial charge >= 0.3 is 0 Å². The van der Waals surface area contributed by atoms with E-state index in [0.717, 1.165) is 13.1 Å². The van der Waals surface area contributed by atoms with Crippen molar-refractivity contribution in [3.05, 3.63) is 24.3 Å². The monoisotopic (exact) mass is 285 g/mol. The average molecular weight is 285 g/mol. The summed E-state index contributed by atoms with van der Waals surface area (Å²) >= 11 is 0. The van der Waals surface area contributed by atoms with Gasteiger partial charge in [-0.25, -0.2) is 13.1 Å². The van der Waals surface area contributed by atoms with E-state index in [0.29, 0.717) is 12.2 Å². The molecule has 0 saturated carbocycles. The second-order valence-electron chi connectivity index (χ2n) is 4.58. The number of anilines is 1. The van der Waals surface area contributed by atoms with Crippen molar-refractivity contribution < 1.29 is 8.42 Å². The minimum atomic E-state index is -3.47. The summed E-state index contributed by atoms with van der Waals surface area (Å²) in [5, 5.41) is 0. The summed E-state index contributed by atoms with van der Waals surface area (Å²) in [6, 6.07) is 6.07. The summed E-state index contributed by atoms with van der Waals surface area (Å²) in [5.41, 5.74) is 6.10. The summed E-state index contributed by atoms with van der Waals surface area (Å²) in [6.45, 7) is 8.50. The number of hydrogen-bond acceptors (Lipinski definition) is 4.